The van der Waals surface area contributed by atoms with Gasteiger partial charge in [-0.3, -0.25) is 19.9 Å². The minimum Gasteiger partial charge on any atom is -0.376 e. The molecule has 1 aromatic carbocycles. The molecule has 0 aromatic heterocycles. The van der Waals surface area contributed by atoms with Crippen molar-refractivity contribution in [1.29, 1.82) is 0 Å². The molecule has 26 heavy (non-hydrogen) atoms. The molecule has 3 aliphatic heterocycles. The van der Waals surface area contributed by atoms with Crippen LogP contribution in [0.4, 0.5) is 0 Å². The smallest absolute Gasteiger partial charge is 0.225 e. The Labute approximate surface area is 155 Å². The van der Waals surface area contributed by atoms with Crippen molar-refractivity contribution in [2.75, 3.05) is 26.2 Å². The first-order valence-electron chi connectivity index (χ1n) is 9.90. The SMILES string of the molecule is C[C@@H]1CN(C2CC(=O)NC(N3CCC[C@@H]3Cc3ccccc3)N2)CCO1. The molecule has 6 heteroatoms. The van der Waals surface area contributed by atoms with E-state index in [-0.39, 0.29) is 24.5 Å². The number of nitrogens with one attached hydrogen (secondary N) is 2. The Kier molecular flexibility index (Phi) is 5.55. The molecule has 0 radical (unpaired) electrons. The zero-order valence-electron chi connectivity index (χ0n) is 15.6. The van der Waals surface area contributed by atoms with Gasteiger partial charge in [0.25, 0.3) is 0 Å². The maximum atomic E-state index is 12.4. The molecule has 0 bridgehead atoms. The lowest BCUT2D eigenvalue weighted by Crippen LogP contribution is -2.69. The number of carbonyl (C=O) groups excluding carboxylic acids is 1. The summed E-state index contributed by atoms with van der Waals surface area (Å²) < 4.78 is 5.66. The lowest BCUT2D eigenvalue weighted by Gasteiger charge is -2.45. The predicted molar refractivity (Wildman–Crippen MR) is 100 cm³/mol. The first-order chi connectivity index (χ1) is 12.7. The summed E-state index contributed by atoms with van der Waals surface area (Å²) in [4.78, 5) is 17.2. The standard InChI is InChI=1S/C20H30N4O2/c1-15-14-23(10-11-26-15)18-13-19(25)22-20(21-18)24-9-5-8-17(24)12-16-6-3-2-4-7-16/h2-4,6-7,15,17-18,20-21H,5,8-14H2,1H3,(H,22,25)/t15-,17-,18?,20?/m1/s1. The van der Waals surface area contributed by atoms with Gasteiger partial charge in [0.05, 0.1) is 25.3 Å². The number of nitrogens with zero attached hydrogens (tertiary/aromatic N) is 2. The van der Waals surface area contributed by atoms with E-state index in [1.807, 2.05) is 0 Å². The van der Waals surface area contributed by atoms with Crippen LogP contribution in [0, 0.1) is 0 Å². The average molecular weight is 358 g/mol. The van der Waals surface area contributed by atoms with Gasteiger partial charge in [0.1, 0.15) is 6.29 Å². The Morgan fingerprint density at radius 3 is 2.88 bits per heavy atom. The monoisotopic (exact) mass is 358 g/mol. The van der Waals surface area contributed by atoms with Gasteiger partial charge in [-0.2, -0.15) is 0 Å². The van der Waals surface area contributed by atoms with Crippen LogP contribution in [0.2, 0.25) is 0 Å². The quantitative estimate of drug-likeness (QED) is 0.845. The maximum absolute atomic E-state index is 12.4. The molecule has 3 saturated heterocycles. The second kappa shape index (κ2) is 8.05. The fourth-order valence-electron chi connectivity index (χ4n) is 4.51. The zero-order valence-corrected chi connectivity index (χ0v) is 15.6. The van der Waals surface area contributed by atoms with Crippen LogP contribution < -0.4 is 10.6 Å². The van der Waals surface area contributed by atoms with Crippen LogP contribution >= 0.6 is 0 Å². The number of carbonyl (C=O) groups is 1. The van der Waals surface area contributed by atoms with E-state index in [0.29, 0.717) is 12.5 Å². The van der Waals surface area contributed by atoms with Crippen LogP contribution in [-0.4, -0.2) is 66.5 Å². The highest BCUT2D eigenvalue weighted by Crippen LogP contribution is 2.24. The Bertz CT molecular complexity index is 611. The second-order valence-electron chi connectivity index (χ2n) is 7.76. The molecule has 1 amide bonds. The summed E-state index contributed by atoms with van der Waals surface area (Å²) in [5, 5.41) is 6.87. The lowest BCUT2D eigenvalue weighted by atomic mass is 10.0. The van der Waals surface area contributed by atoms with Crippen molar-refractivity contribution in [3.63, 3.8) is 0 Å². The Balaban J connectivity index is 1.42. The third-order valence-electron chi connectivity index (χ3n) is 5.81. The summed E-state index contributed by atoms with van der Waals surface area (Å²) >= 11 is 0. The Hall–Kier alpha value is -1.47. The summed E-state index contributed by atoms with van der Waals surface area (Å²) in [6.07, 6.45) is 4.17. The predicted octanol–water partition coefficient (Wildman–Crippen LogP) is 1.13. The number of hydrogen-bond donors (Lipinski definition) is 2. The normalized spacial score (nSPS) is 34.0. The highest BCUT2D eigenvalue weighted by Gasteiger charge is 2.38. The Morgan fingerprint density at radius 2 is 2.08 bits per heavy atom. The van der Waals surface area contributed by atoms with Crippen molar-refractivity contribution in [3.8, 4) is 0 Å². The average Bonchev–Trinajstić information content (AvgIpc) is 3.10. The van der Waals surface area contributed by atoms with Crippen LogP contribution in [0.25, 0.3) is 0 Å². The van der Waals surface area contributed by atoms with Gasteiger partial charge in [-0.1, -0.05) is 30.3 Å². The molecule has 2 N–H and O–H groups in total. The molecular weight excluding hydrogens is 328 g/mol. The fourth-order valence-corrected chi connectivity index (χ4v) is 4.51. The van der Waals surface area contributed by atoms with Crippen LogP contribution in [-0.2, 0) is 16.0 Å². The van der Waals surface area contributed by atoms with Crippen molar-refractivity contribution >= 4 is 5.91 Å². The maximum Gasteiger partial charge on any atom is 0.225 e. The van der Waals surface area contributed by atoms with Gasteiger partial charge in [0.15, 0.2) is 0 Å². The van der Waals surface area contributed by atoms with E-state index in [1.165, 1.54) is 18.4 Å². The third kappa shape index (κ3) is 4.09. The number of rotatable bonds is 4. The van der Waals surface area contributed by atoms with E-state index in [1.54, 1.807) is 0 Å². The first kappa shape index (κ1) is 17.9. The van der Waals surface area contributed by atoms with Gasteiger partial charge in [0, 0.05) is 25.7 Å². The summed E-state index contributed by atoms with van der Waals surface area (Å²) in [5.41, 5.74) is 1.37. The number of hydrogen-bond acceptors (Lipinski definition) is 5. The van der Waals surface area contributed by atoms with E-state index in [0.717, 1.165) is 32.7 Å². The highest BCUT2D eigenvalue weighted by molar-refractivity contribution is 5.77. The topological polar surface area (TPSA) is 56.8 Å². The van der Waals surface area contributed by atoms with E-state index in [2.05, 4.69) is 57.7 Å². The van der Waals surface area contributed by atoms with E-state index in [9.17, 15) is 4.79 Å². The number of morpholine rings is 1. The minimum absolute atomic E-state index is 0.0735. The van der Waals surface area contributed by atoms with Gasteiger partial charge in [-0.15, -0.1) is 0 Å². The molecule has 0 saturated carbocycles. The van der Waals surface area contributed by atoms with E-state index >= 15 is 0 Å². The molecule has 3 fully saturated rings. The van der Waals surface area contributed by atoms with Gasteiger partial charge in [-0.05, 0) is 31.7 Å². The molecular formula is C20H30N4O2. The van der Waals surface area contributed by atoms with Gasteiger partial charge >= 0.3 is 0 Å². The summed E-state index contributed by atoms with van der Waals surface area (Å²) in [7, 11) is 0. The molecule has 4 rings (SSSR count). The Morgan fingerprint density at radius 1 is 1.23 bits per heavy atom. The van der Waals surface area contributed by atoms with Gasteiger partial charge < -0.3 is 10.1 Å². The van der Waals surface area contributed by atoms with E-state index in [4.69, 9.17) is 4.74 Å². The van der Waals surface area contributed by atoms with Crippen LogP contribution in [0.5, 0.6) is 0 Å². The number of benzene rings is 1. The van der Waals surface area contributed by atoms with Crippen molar-refractivity contribution in [2.45, 2.75) is 57.2 Å². The van der Waals surface area contributed by atoms with Crippen LogP contribution in [0.1, 0.15) is 31.7 Å². The van der Waals surface area contributed by atoms with E-state index < -0.39 is 0 Å². The fraction of sp³-hybridized carbons (Fsp3) is 0.650. The number of ether oxygens (including phenoxy) is 1. The van der Waals surface area contributed by atoms with Gasteiger partial charge in [-0.25, -0.2) is 0 Å². The van der Waals surface area contributed by atoms with Crippen molar-refractivity contribution in [1.82, 2.24) is 20.4 Å². The summed E-state index contributed by atoms with van der Waals surface area (Å²) in [5.74, 6) is 0.142. The molecule has 1 aromatic rings. The molecule has 142 valence electrons. The number of likely N-dealkylation sites (tertiary alicyclic amines) is 1. The third-order valence-corrected chi connectivity index (χ3v) is 5.81. The second-order valence-corrected chi connectivity index (χ2v) is 7.76. The zero-order chi connectivity index (χ0) is 17.9. The lowest BCUT2D eigenvalue weighted by molar-refractivity contribution is -0.132. The molecule has 3 heterocycles. The largest absolute Gasteiger partial charge is 0.376 e. The number of amides is 1. The molecule has 0 aliphatic carbocycles. The van der Waals surface area contributed by atoms with Crippen molar-refractivity contribution in [2.24, 2.45) is 0 Å². The van der Waals surface area contributed by atoms with Crippen molar-refractivity contribution in [3.05, 3.63) is 35.9 Å². The van der Waals surface area contributed by atoms with Gasteiger partial charge in [0.2, 0.25) is 5.91 Å². The van der Waals surface area contributed by atoms with Crippen LogP contribution in [0.15, 0.2) is 30.3 Å². The molecule has 2 unspecified atom stereocenters. The first-order valence-corrected chi connectivity index (χ1v) is 9.90. The van der Waals surface area contributed by atoms with Crippen LogP contribution in [0.3, 0.4) is 0 Å². The molecule has 0 spiro atoms. The minimum atomic E-state index is -0.0735. The highest BCUT2D eigenvalue weighted by atomic mass is 16.5. The molecule has 4 atom stereocenters. The van der Waals surface area contributed by atoms with Crippen molar-refractivity contribution < 1.29 is 9.53 Å². The summed E-state index contributed by atoms with van der Waals surface area (Å²) in [6, 6.07) is 11.1. The molecule has 6 nitrogen and oxygen atoms in total. The summed E-state index contributed by atoms with van der Waals surface area (Å²) in [6.45, 7) is 5.64. The molecule has 3 aliphatic rings.